The topological polar surface area (TPSA) is 108 Å². The number of nitriles is 1. The van der Waals surface area contributed by atoms with Gasteiger partial charge in [0.1, 0.15) is 6.54 Å². The lowest BCUT2D eigenvalue weighted by Gasteiger charge is -2.44. The number of urea groups is 1. The van der Waals surface area contributed by atoms with Crippen LogP contribution in [0.1, 0.15) is 29.7 Å². The summed E-state index contributed by atoms with van der Waals surface area (Å²) < 4.78 is 40.5. The standard InChI is InChI=1S/C27H26F3N5O4/c1-17-23(25(38)33-12-10-32(2)11-13-33)24(19-8-6-18(15-31)7-9-19)34(16-22(36)37)26(39)35(17)21-5-3-4-20(14-21)27(28,29)30/h3-9,14,24H,10-13,16H2,1-2H3,(H,36,37)/t24-/m1/s1. The summed E-state index contributed by atoms with van der Waals surface area (Å²) in [5, 5.41) is 18.9. The smallest absolute Gasteiger partial charge is 0.416 e. The van der Waals surface area contributed by atoms with Gasteiger partial charge in [-0.2, -0.15) is 18.4 Å². The first kappa shape index (κ1) is 27.7. The van der Waals surface area contributed by atoms with Crippen LogP contribution in [0.4, 0.5) is 23.7 Å². The number of allylic oxidation sites excluding steroid dienone is 1. The molecule has 204 valence electrons. The van der Waals surface area contributed by atoms with Crippen molar-refractivity contribution in [3.05, 3.63) is 76.5 Å². The van der Waals surface area contributed by atoms with E-state index >= 15 is 0 Å². The first-order valence-corrected chi connectivity index (χ1v) is 12.1. The predicted octanol–water partition coefficient (Wildman–Crippen LogP) is 3.69. The molecule has 39 heavy (non-hydrogen) atoms. The van der Waals surface area contributed by atoms with Crippen LogP contribution in [-0.2, 0) is 15.8 Å². The van der Waals surface area contributed by atoms with E-state index in [1.165, 1.54) is 37.3 Å². The molecule has 2 aromatic rings. The van der Waals surface area contributed by atoms with Gasteiger partial charge >= 0.3 is 18.2 Å². The number of nitrogens with zero attached hydrogens (tertiary/aromatic N) is 5. The molecule has 0 bridgehead atoms. The van der Waals surface area contributed by atoms with Gasteiger partial charge in [-0.3, -0.25) is 14.5 Å². The highest BCUT2D eigenvalue weighted by Gasteiger charge is 2.44. The van der Waals surface area contributed by atoms with E-state index < -0.39 is 42.2 Å². The summed E-state index contributed by atoms with van der Waals surface area (Å²) >= 11 is 0. The second-order valence-corrected chi connectivity index (χ2v) is 9.42. The summed E-state index contributed by atoms with van der Waals surface area (Å²) in [7, 11) is 1.91. The number of halogens is 3. The molecule has 0 spiro atoms. The maximum absolute atomic E-state index is 14.0. The Balaban J connectivity index is 1.93. The lowest BCUT2D eigenvalue weighted by Crippen LogP contribution is -2.55. The highest BCUT2D eigenvalue weighted by molar-refractivity contribution is 6.05. The van der Waals surface area contributed by atoms with Crippen LogP contribution in [0, 0.1) is 11.3 Å². The molecule has 4 rings (SSSR count). The maximum atomic E-state index is 14.0. The molecule has 2 heterocycles. The molecule has 1 fully saturated rings. The number of rotatable bonds is 5. The van der Waals surface area contributed by atoms with E-state index in [0.29, 0.717) is 37.3 Å². The first-order valence-electron chi connectivity index (χ1n) is 12.1. The zero-order chi connectivity index (χ0) is 28.5. The first-order chi connectivity index (χ1) is 18.4. The molecule has 1 atom stereocenters. The van der Waals surface area contributed by atoms with Crippen molar-refractivity contribution in [2.45, 2.75) is 19.1 Å². The van der Waals surface area contributed by atoms with Gasteiger partial charge in [0.15, 0.2) is 0 Å². The Bertz CT molecular complexity index is 1360. The fraction of sp³-hybridized carbons (Fsp3) is 0.333. The summed E-state index contributed by atoms with van der Waals surface area (Å²) in [4.78, 5) is 45.3. The molecular formula is C27H26F3N5O4. The highest BCUT2D eigenvalue weighted by Crippen LogP contribution is 2.41. The number of piperazine rings is 1. The second-order valence-electron chi connectivity index (χ2n) is 9.42. The minimum absolute atomic E-state index is 0.0718. The third-order valence-electron chi connectivity index (χ3n) is 6.86. The molecule has 1 saturated heterocycles. The normalized spacial score (nSPS) is 18.8. The molecule has 2 aliphatic rings. The van der Waals surface area contributed by atoms with Crippen LogP contribution in [0.15, 0.2) is 59.8 Å². The van der Waals surface area contributed by atoms with Crippen LogP contribution in [0.25, 0.3) is 0 Å². The zero-order valence-electron chi connectivity index (χ0n) is 21.3. The van der Waals surface area contributed by atoms with Crippen LogP contribution < -0.4 is 4.90 Å². The Kier molecular flexibility index (Phi) is 7.65. The number of benzene rings is 2. The van der Waals surface area contributed by atoms with Crippen LogP contribution >= 0.6 is 0 Å². The zero-order valence-corrected chi connectivity index (χ0v) is 21.3. The number of aliphatic carboxylic acids is 1. The van der Waals surface area contributed by atoms with Gasteiger partial charge in [-0.15, -0.1) is 0 Å². The number of hydrogen-bond acceptors (Lipinski definition) is 5. The minimum Gasteiger partial charge on any atom is -0.480 e. The Hall–Kier alpha value is -4.37. The van der Waals surface area contributed by atoms with Crippen LogP contribution in [0.5, 0.6) is 0 Å². The van der Waals surface area contributed by atoms with Crippen LogP contribution in [0.2, 0.25) is 0 Å². The lowest BCUT2D eigenvalue weighted by atomic mass is 9.91. The average molecular weight is 542 g/mol. The molecule has 0 saturated carbocycles. The molecule has 3 amide bonds. The van der Waals surface area contributed by atoms with Crippen molar-refractivity contribution in [2.24, 2.45) is 0 Å². The quantitative estimate of drug-likeness (QED) is 0.619. The number of likely N-dealkylation sites (N-methyl/N-ethyl adjacent to an activating group) is 1. The van der Waals surface area contributed by atoms with E-state index in [1.54, 1.807) is 4.90 Å². The number of carbonyl (C=O) groups excluding carboxylic acids is 2. The van der Waals surface area contributed by atoms with Gasteiger partial charge in [-0.25, -0.2) is 4.79 Å². The molecule has 0 aromatic heterocycles. The number of alkyl halides is 3. The molecule has 0 radical (unpaired) electrons. The Morgan fingerprint density at radius 3 is 2.28 bits per heavy atom. The summed E-state index contributed by atoms with van der Waals surface area (Å²) in [6.45, 7) is 2.59. The van der Waals surface area contributed by atoms with Gasteiger partial charge in [-0.05, 0) is 49.9 Å². The number of amides is 3. The van der Waals surface area contributed by atoms with Crippen molar-refractivity contribution in [1.29, 1.82) is 5.26 Å². The van der Waals surface area contributed by atoms with E-state index in [2.05, 4.69) is 0 Å². The largest absolute Gasteiger partial charge is 0.480 e. The van der Waals surface area contributed by atoms with E-state index in [4.69, 9.17) is 0 Å². The Morgan fingerprint density at radius 2 is 1.72 bits per heavy atom. The molecule has 0 aliphatic carbocycles. The SMILES string of the molecule is CC1=C(C(=O)N2CCN(C)CC2)[C@@H](c2ccc(C#N)cc2)N(CC(=O)O)C(=O)N1c1cccc(C(F)(F)F)c1. The number of carboxylic acid groups (broad SMARTS) is 1. The molecule has 9 nitrogen and oxygen atoms in total. The van der Waals surface area contributed by atoms with Crippen molar-refractivity contribution >= 4 is 23.6 Å². The van der Waals surface area contributed by atoms with Crippen molar-refractivity contribution in [1.82, 2.24) is 14.7 Å². The predicted molar refractivity (Wildman–Crippen MR) is 134 cm³/mol. The van der Waals surface area contributed by atoms with E-state index in [-0.39, 0.29) is 17.0 Å². The average Bonchev–Trinajstić information content (AvgIpc) is 2.90. The minimum atomic E-state index is -4.68. The van der Waals surface area contributed by atoms with Crippen molar-refractivity contribution in [2.75, 3.05) is 44.7 Å². The van der Waals surface area contributed by atoms with Crippen molar-refractivity contribution in [3.8, 4) is 6.07 Å². The van der Waals surface area contributed by atoms with Gasteiger partial charge in [0, 0.05) is 31.9 Å². The molecule has 1 N–H and O–H groups in total. The number of anilines is 1. The van der Waals surface area contributed by atoms with Crippen molar-refractivity contribution in [3.63, 3.8) is 0 Å². The summed E-state index contributed by atoms with van der Waals surface area (Å²) in [5.74, 6) is -1.81. The number of carbonyl (C=O) groups is 3. The van der Waals surface area contributed by atoms with Crippen LogP contribution in [-0.4, -0.2) is 77.5 Å². The van der Waals surface area contributed by atoms with Gasteiger partial charge in [0.05, 0.1) is 34.5 Å². The van der Waals surface area contributed by atoms with E-state index in [9.17, 15) is 37.9 Å². The molecule has 2 aromatic carbocycles. The van der Waals surface area contributed by atoms with E-state index in [0.717, 1.165) is 28.0 Å². The molecular weight excluding hydrogens is 515 g/mol. The molecule has 0 unspecified atom stereocenters. The fourth-order valence-corrected chi connectivity index (χ4v) is 4.82. The van der Waals surface area contributed by atoms with Gasteiger partial charge in [0.2, 0.25) is 0 Å². The Labute approximate surface area is 222 Å². The highest BCUT2D eigenvalue weighted by atomic mass is 19.4. The number of carboxylic acids is 1. The summed E-state index contributed by atoms with van der Waals surface area (Å²) in [6.07, 6.45) is -4.68. The monoisotopic (exact) mass is 541 g/mol. The maximum Gasteiger partial charge on any atom is 0.416 e. The third-order valence-corrected chi connectivity index (χ3v) is 6.86. The summed E-state index contributed by atoms with van der Waals surface area (Å²) in [6, 6.07) is 10.1. The van der Waals surface area contributed by atoms with Gasteiger partial charge in [0.25, 0.3) is 5.91 Å². The fourth-order valence-electron chi connectivity index (χ4n) is 4.82. The Morgan fingerprint density at radius 1 is 1.08 bits per heavy atom. The lowest BCUT2D eigenvalue weighted by molar-refractivity contribution is -0.139. The molecule has 2 aliphatic heterocycles. The third kappa shape index (κ3) is 5.58. The summed E-state index contributed by atoms with van der Waals surface area (Å²) in [5.41, 5.74) is -0.258. The van der Waals surface area contributed by atoms with Gasteiger partial charge in [-0.1, -0.05) is 18.2 Å². The van der Waals surface area contributed by atoms with Gasteiger partial charge < -0.3 is 19.8 Å². The molecule has 12 heteroatoms. The number of hydrogen-bond donors (Lipinski definition) is 1. The van der Waals surface area contributed by atoms with Crippen molar-refractivity contribution < 1.29 is 32.7 Å². The second kappa shape index (κ2) is 10.8. The van der Waals surface area contributed by atoms with Crippen LogP contribution in [0.3, 0.4) is 0 Å². The van der Waals surface area contributed by atoms with E-state index in [1.807, 2.05) is 18.0 Å².